The minimum atomic E-state index is -0.503. The van der Waals surface area contributed by atoms with Gasteiger partial charge in [0.15, 0.2) is 0 Å². The highest BCUT2D eigenvalue weighted by Gasteiger charge is 2.19. The molecule has 0 fully saturated rings. The Hall–Kier alpha value is -2.28. The van der Waals surface area contributed by atoms with Gasteiger partial charge in [0.25, 0.3) is 5.91 Å². The Bertz CT molecular complexity index is 912. The number of aliphatic hydroxyl groups excluding tert-OH is 1. The fraction of sp³-hybridized carbons (Fsp3) is 0.158. The van der Waals surface area contributed by atoms with E-state index in [0.29, 0.717) is 23.0 Å². The number of halogens is 2. The van der Waals surface area contributed by atoms with E-state index in [-0.39, 0.29) is 17.7 Å². The van der Waals surface area contributed by atoms with E-state index in [1.54, 1.807) is 24.4 Å². The van der Waals surface area contributed by atoms with Gasteiger partial charge in [-0.05, 0) is 36.2 Å². The lowest BCUT2D eigenvalue weighted by Gasteiger charge is -2.09. The number of aromatic nitrogens is 1. The molecule has 1 heterocycles. The molecule has 7 heteroatoms. The van der Waals surface area contributed by atoms with Crippen molar-refractivity contribution in [3.63, 3.8) is 0 Å². The van der Waals surface area contributed by atoms with E-state index in [2.05, 4.69) is 10.3 Å². The van der Waals surface area contributed by atoms with Crippen LogP contribution in [0.25, 0.3) is 21.0 Å². The van der Waals surface area contributed by atoms with Crippen LogP contribution in [0.4, 0.5) is 4.39 Å². The fourth-order valence-corrected chi connectivity index (χ4v) is 3.55. The lowest BCUT2D eigenvalue weighted by atomic mass is 10.1. The van der Waals surface area contributed by atoms with Gasteiger partial charge in [0.2, 0.25) is 0 Å². The van der Waals surface area contributed by atoms with Crippen LogP contribution in [0, 0.1) is 5.82 Å². The van der Waals surface area contributed by atoms with Crippen LogP contribution in [0.1, 0.15) is 16.8 Å². The predicted octanol–water partition coefficient (Wildman–Crippen LogP) is 4.38. The van der Waals surface area contributed by atoms with Gasteiger partial charge in [0.05, 0.1) is 16.0 Å². The van der Waals surface area contributed by atoms with Gasteiger partial charge in [-0.3, -0.25) is 4.79 Å². The Kier molecular flexibility index (Phi) is 5.98. The topological polar surface area (TPSA) is 62.2 Å². The van der Waals surface area contributed by atoms with Gasteiger partial charge < -0.3 is 10.4 Å². The summed E-state index contributed by atoms with van der Waals surface area (Å²) in [6, 6.07) is 11.7. The Morgan fingerprint density at radius 1 is 1.23 bits per heavy atom. The quantitative estimate of drug-likeness (QED) is 0.614. The predicted molar refractivity (Wildman–Crippen MR) is 102 cm³/mol. The smallest absolute Gasteiger partial charge is 0.252 e. The molecule has 2 aromatic carbocycles. The van der Waals surface area contributed by atoms with Crippen LogP contribution in [-0.2, 0) is 0 Å². The lowest BCUT2D eigenvalue weighted by Crippen LogP contribution is -2.25. The third-order valence-electron chi connectivity index (χ3n) is 3.73. The van der Waals surface area contributed by atoms with Crippen molar-refractivity contribution in [2.75, 3.05) is 13.2 Å². The normalized spacial score (nSPS) is 10.7. The zero-order chi connectivity index (χ0) is 18.5. The molecule has 1 aromatic heterocycles. The summed E-state index contributed by atoms with van der Waals surface area (Å²) in [4.78, 5) is 17.5. The molecular weight excluding hydrogens is 375 g/mol. The zero-order valence-electron chi connectivity index (χ0n) is 13.7. The summed E-state index contributed by atoms with van der Waals surface area (Å²) in [6.07, 6.45) is 2.09. The summed E-state index contributed by atoms with van der Waals surface area (Å²) in [7, 11) is 0. The maximum Gasteiger partial charge on any atom is 0.252 e. The van der Waals surface area contributed by atoms with Crippen molar-refractivity contribution in [1.82, 2.24) is 10.3 Å². The number of aliphatic hydroxyl groups is 1. The molecule has 0 bridgehead atoms. The molecule has 0 saturated carbocycles. The van der Waals surface area contributed by atoms with Crippen molar-refractivity contribution in [3.05, 3.63) is 65.1 Å². The number of benzene rings is 2. The first-order valence-corrected chi connectivity index (χ1v) is 9.19. The SMILES string of the molecule is O=C(NCCCO)c1cccc(F)c1-c1ncc(-c2ccc(Cl)cc2)s1. The summed E-state index contributed by atoms with van der Waals surface area (Å²) in [5.41, 5.74) is 1.32. The number of nitrogens with one attached hydrogen (secondary N) is 1. The van der Waals surface area contributed by atoms with Crippen LogP contribution in [0.2, 0.25) is 5.02 Å². The second-order valence-electron chi connectivity index (χ2n) is 5.53. The standard InChI is InChI=1S/C19H16ClFN2O2S/c20-13-7-5-12(6-8-13)16-11-23-19(26-16)17-14(3-1-4-15(17)21)18(25)22-9-2-10-24/h1,3-8,11,24H,2,9-10H2,(H,22,25). The molecule has 0 atom stereocenters. The van der Waals surface area contributed by atoms with E-state index in [1.807, 2.05) is 12.1 Å². The number of rotatable bonds is 6. The molecule has 3 aromatic rings. The molecule has 0 aliphatic rings. The first kappa shape index (κ1) is 18.5. The van der Waals surface area contributed by atoms with Gasteiger partial charge in [0, 0.05) is 24.4 Å². The van der Waals surface area contributed by atoms with Crippen LogP contribution in [0.15, 0.2) is 48.7 Å². The second-order valence-corrected chi connectivity index (χ2v) is 7.00. The Morgan fingerprint density at radius 3 is 2.73 bits per heavy atom. The average Bonchev–Trinajstić information content (AvgIpc) is 3.12. The molecule has 0 saturated heterocycles. The summed E-state index contributed by atoms with van der Waals surface area (Å²) in [5.74, 6) is -0.895. The molecule has 0 spiro atoms. The minimum Gasteiger partial charge on any atom is -0.396 e. The van der Waals surface area contributed by atoms with Crippen molar-refractivity contribution < 1.29 is 14.3 Å². The molecule has 0 aliphatic carbocycles. The molecule has 134 valence electrons. The van der Waals surface area contributed by atoms with Crippen molar-refractivity contribution in [2.45, 2.75) is 6.42 Å². The molecular formula is C19H16ClFN2O2S. The largest absolute Gasteiger partial charge is 0.396 e. The minimum absolute atomic E-state index is 0.0206. The van der Waals surface area contributed by atoms with E-state index in [1.165, 1.54) is 23.5 Å². The number of hydrogen-bond donors (Lipinski definition) is 2. The molecule has 1 amide bonds. The Balaban J connectivity index is 1.94. The molecule has 0 radical (unpaired) electrons. The van der Waals surface area contributed by atoms with Gasteiger partial charge >= 0.3 is 0 Å². The van der Waals surface area contributed by atoms with Crippen LogP contribution >= 0.6 is 22.9 Å². The monoisotopic (exact) mass is 390 g/mol. The van der Waals surface area contributed by atoms with Crippen molar-refractivity contribution >= 4 is 28.8 Å². The summed E-state index contributed by atoms with van der Waals surface area (Å²) >= 11 is 7.21. The highest BCUT2D eigenvalue weighted by Crippen LogP contribution is 2.35. The van der Waals surface area contributed by atoms with E-state index in [4.69, 9.17) is 16.7 Å². The highest BCUT2D eigenvalue weighted by atomic mass is 35.5. The third-order valence-corrected chi connectivity index (χ3v) is 5.04. The highest BCUT2D eigenvalue weighted by molar-refractivity contribution is 7.18. The van der Waals surface area contributed by atoms with Crippen LogP contribution in [0.3, 0.4) is 0 Å². The van der Waals surface area contributed by atoms with E-state index in [0.717, 1.165) is 10.4 Å². The number of nitrogens with zero attached hydrogens (tertiary/aromatic N) is 1. The first-order valence-electron chi connectivity index (χ1n) is 8.00. The van der Waals surface area contributed by atoms with E-state index in [9.17, 15) is 9.18 Å². The van der Waals surface area contributed by atoms with Gasteiger partial charge in [-0.1, -0.05) is 29.8 Å². The average molecular weight is 391 g/mol. The van der Waals surface area contributed by atoms with Gasteiger partial charge in [0.1, 0.15) is 10.8 Å². The molecule has 2 N–H and O–H groups in total. The number of hydrogen-bond acceptors (Lipinski definition) is 4. The van der Waals surface area contributed by atoms with Gasteiger partial charge in [-0.25, -0.2) is 9.37 Å². The van der Waals surface area contributed by atoms with E-state index >= 15 is 0 Å². The molecule has 26 heavy (non-hydrogen) atoms. The summed E-state index contributed by atoms with van der Waals surface area (Å²) in [5, 5.41) is 12.6. The molecule has 0 aliphatic heterocycles. The van der Waals surface area contributed by atoms with Gasteiger partial charge in [-0.15, -0.1) is 11.3 Å². The lowest BCUT2D eigenvalue weighted by molar-refractivity contribution is 0.0951. The molecule has 3 rings (SSSR count). The van der Waals surface area contributed by atoms with Crippen LogP contribution in [0.5, 0.6) is 0 Å². The molecule has 0 unspecified atom stereocenters. The van der Waals surface area contributed by atoms with Crippen molar-refractivity contribution in [1.29, 1.82) is 0 Å². The number of thiazole rings is 1. The van der Waals surface area contributed by atoms with Gasteiger partial charge in [-0.2, -0.15) is 0 Å². The zero-order valence-corrected chi connectivity index (χ0v) is 15.3. The first-order chi connectivity index (χ1) is 12.6. The van der Waals surface area contributed by atoms with E-state index < -0.39 is 11.7 Å². The fourth-order valence-electron chi connectivity index (χ4n) is 2.44. The maximum atomic E-state index is 14.5. The third kappa shape index (κ3) is 4.09. The number of carbonyl (C=O) groups is 1. The summed E-state index contributed by atoms with van der Waals surface area (Å²) < 4.78 is 14.5. The molecule has 4 nitrogen and oxygen atoms in total. The number of carbonyl (C=O) groups excluding carboxylic acids is 1. The number of amides is 1. The Labute approximate surface area is 159 Å². The van der Waals surface area contributed by atoms with Crippen molar-refractivity contribution in [3.8, 4) is 21.0 Å². The Morgan fingerprint density at radius 2 is 2.00 bits per heavy atom. The van der Waals surface area contributed by atoms with Crippen LogP contribution in [-0.4, -0.2) is 29.1 Å². The summed E-state index contributed by atoms with van der Waals surface area (Å²) in [6.45, 7) is 0.298. The van der Waals surface area contributed by atoms with Crippen LogP contribution < -0.4 is 5.32 Å². The maximum absolute atomic E-state index is 14.5. The van der Waals surface area contributed by atoms with Crippen molar-refractivity contribution in [2.24, 2.45) is 0 Å². The second kappa shape index (κ2) is 8.40.